The summed E-state index contributed by atoms with van der Waals surface area (Å²) < 4.78 is 34.0. The lowest BCUT2D eigenvalue weighted by Gasteiger charge is -2.29. The van der Waals surface area contributed by atoms with E-state index in [0.29, 0.717) is 16.5 Å². The minimum absolute atomic E-state index is 0.230. The lowest BCUT2D eigenvalue weighted by Crippen LogP contribution is -2.29. The van der Waals surface area contributed by atoms with Gasteiger partial charge in [0.1, 0.15) is 5.75 Å². The van der Waals surface area contributed by atoms with E-state index in [0.717, 1.165) is 40.3 Å². The fraction of sp³-hybridized carbons (Fsp3) is 0.222. The number of nitrogens with zero attached hydrogens (tertiary/aromatic N) is 4. The largest absolute Gasteiger partial charge is 0.494 e. The Morgan fingerprint density at radius 1 is 1.05 bits per heavy atom. The van der Waals surface area contributed by atoms with Crippen molar-refractivity contribution in [3.8, 4) is 11.4 Å². The first-order chi connectivity index (χ1) is 18.2. The molecule has 0 amide bonds. The van der Waals surface area contributed by atoms with Crippen LogP contribution in [-0.4, -0.2) is 41.4 Å². The number of rotatable bonds is 7. The second-order valence-corrected chi connectivity index (χ2v) is 11.3. The van der Waals surface area contributed by atoms with E-state index in [1.807, 2.05) is 47.5 Å². The van der Waals surface area contributed by atoms with Crippen molar-refractivity contribution in [1.82, 2.24) is 19.9 Å². The van der Waals surface area contributed by atoms with Crippen molar-refractivity contribution < 1.29 is 13.2 Å². The number of methoxy groups -OCH3 is 1. The number of ether oxygens (including phenoxy) is 1. The number of nitrogens with one attached hydrogen (secondary N) is 2. The van der Waals surface area contributed by atoms with Gasteiger partial charge < -0.3 is 19.5 Å². The molecule has 196 valence electrons. The minimum Gasteiger partial charge on any atom is -0.494 e. The van der Waals surface area contributed by atoms with Crippen molar-refractivity contribution in [3.63, 3.8) is 0 Å². The molecule has 1 aromatic carbocycles. The highest BCUT2D eigenvalue weighted by molar-refractivity contribution is 7.92. The standard InChI is InChI=1S/C27H28N6O3S2/c1-17-14-21(18(2)32(17)20-8-7-12-28-16-20)26-25(23-9-5-6-13-29-23)30-27(37)33(26)19-10-11-22(24(15-19)36-3)31-38(4,34)35/h5-16,25-26,31H,1-4H3,(H,30,37)/t25-,26+/m0/s1. The molecule has 4 heterocycles. The molecule has 9 nitrogen and oxygen atoms in total. The average molecular weight is 549 g/mol. The molecule has 3 aromatic heterocycles. The van der Waals surface area contributed by atoms with E-state index in [9.17, 15) is 8.42 Å². The van der Waals surface area contributed by atoms with Crippen LogP contribution in [-0.2, 0) is 10.0 Å². The number of sulfonamides is 1. The second kappa shape index (κ2) is 10.1. The Morgan fingerprint density at radius 3 is 2.53 bits per heavy atom. The van der Waals surface area contributed by atoms with Gasteiger partial charge in [-0.2, -0.15) is 0 Å². The highest BCUT2D eigenvalue weighted by atomic mass is 32.2. The van der Waals surface area contributed by atoms with Crippen molar-refractivity contribution in [2.75, 3.05) is 23.0 Å². The zero-order valence-electron chi connectivity index (χ0n) is 21.4. The van der Waals surface area contributed by atoms with Crippen LogP contribution in [0.3, 0.4) is 0 Å². The number of hydrogen-bond acceptors (Lipinski definition) is 6. The molecule has 0 unspecified atom stereocenters. The van der Waals surface area contributed by atoms with Crippen LogP contribution in [0.1, 0.15) is 34.7 Å². The molecule has 5 rings (SSSR count). The summed E-state index contributed by atoms with van der Waals surface area (Å²) in [6.45, 7) is 4.16. The van der Waals surface area contributed by atoms with Crippen LogP contribution in [0.5, 0.6) is 5.75 Å². The van der Waals surface area contributed by atoms with Crippen LogP contribution < -0.4 is 19.7 Å². The molecule has 0 saturated carbocycles. The number of thiocarbonyl (C=S) groups is 1. The highest BCUT2D eigenvalue weighted by Crippen LogP contribution is 2.45. The molecule has 38 heavy (non-hydrogen) atoms. The van der Waals surface area contributed by atoms with Crippen molar-refractivity contribution in [3.05, 3.63) is 95.8 Å². The Labute approximate surface area is 227 Å². The van der Waals surface area contributed by atoms with Crippen LogP contribution in [0, 0.1) is 13.8 Å². The molecule has 0 radical (unpaired) electrons. The molecular weight excluding hydrogens is 520 g/mol. The molecule has 4 aromatic rings. The lowest BCUT2D eigenvalue weighted by molar-refractivity contribution is 0.417. The first kappa shape index (κ1) is 25.7. The smallest absolute Gasteiger partial charge is 0.229 e. The predicted molar refractivity (Wildman–Crippen MR) is 152 cm³/mol. The first-order valence-electron chi connectivity index (χ1n) is 11.9. The summed E-state index contributed by atoms with van der Waals surface area (Å²) in [6.07, 6.45) is 6.47. The zero-order chi connectivity index (χ0) is 27.0. The maximum atomic E-state index is 11.9. The molecule has 1 aliphatic heterocycles. The molecule has 0 spiro atoms. The lowest BCUT2D eigenvalue weighted by atomic mass is 9.96. The van der Waals surface area contributed by atoms with Gasteiger partial charge in [0.25, 0.3) is 0 Å². The van der Waals surface area contributed by atoms with E-state index < -0.39 is 10.0 Å². The van der Waals surface area contributed by atoms with E-state index in [4.69, 9.17) is 17.0 Å². The number of benzene rings is 1. The summed E-state index contributed by atoms with van der Waals surface area (Å²) in [6, 6.07) is 16.8. The monoisotopic (exact) mass is 548 g/mol. The van der Waals surface area contributed by atoms with Gasteiger partial charge in [0, 0.05) is 35.5 Å². The number of anilines is 2. The topological polar surface area (TPSA) is 101 Å². The molecule has 11 heteroatoms. The molecule has 2 atom stereocenters. The van der Waals surface area contributed by atoms with Gasteiger partial charge >= 0.3 is 0 Å². The van der Waals surface area contributed by atoms with Crippen molar-refractivity contribution >= 4 is 38.7 Å². The van der Waals surface area contributed by atoms with Gasteiger partial charge in [-0.15, -0.1) is 0 Å². The van der Waals surface area contributed by atoms with Gasteiger partial charge in [0.15, 0.2) is 5.11 Å². The van der Waals surface area contributed by atoms with Crippen molar-refractivity contribution in [2.45, 2.75) is 25.9 Å². The van der Waals surface area contributed by atoms with Crippen LogP contribution in [0.15, 0.2) is 73.2 Å². The van der Waals surface area contributed by atoms with Crippen LogP contribution in [0.2, 0.25) is 0 Å². The van der Waals surface area contributed by atoms with Crippen LogP contribution in [0.4, 0.5) is 11.4 Å². The Hall–Kier alpha value is -3.96. The van der Waals surface area contributed by atoms with E-state index in [1.165, 1.54) is 7.11 Å². The Morgan fingerprint density at radius 2 is 1.87 bits per heavy atom. The number of hydrogen-bond donors (Lipinski definition) is 2. The summed E-state index contributed by atoms with van der Waals surface area (Å²) >= 11 is 5.87. The number of pyridine rings is 2. The summed E-state index contributed by atoms with van der Waals surface area (Å²) in [5.41, 5.74) is 6.13. The molecule has 1 aliphatic rings. The van der Waals surface area contributed by atoms with Gasteiger partial charge in [-0.25, -0.2) is 8.42 Å². The maximum absolute atomic E-state index is 11.9. The summed E-state index contributed by atoms with van der Waals surface area (Å²) in [5.74, 6) is 0.386. The van der Waals surface area contributed by atoms with Gasteiger partial charge in [0.05, 0.1) is 48.7 Å². The highest BCUT2D eigenvalue weighted by Gasteiger charge is 2.42. The fourth-order valence-electron chi connectivity index (χ4n) is 5.03. The molecule has 2 N–H and O–H groups in total. The number of aromatic nitrogens is 3. The van der Waals surface area contributed by atoms with E-state index in [2.05, 4.69) is 44.5 Å². The Balaban J connectivity index is 1.66. The third kappa shape index (κ3) is 4.82. The molecule has 1 fully saturated rings. The molecular formula is C27H28N6O3S2. The Bertz CT molecular complexity index is 1590. The van der Waals surface area contributed by atoms with Gasteiger partial charge in [-0.05, 0) is 74.1 Å². The SMILES string of the molecule is COc1cc(N2C(=S)N[C@@H](c3ccccn3)[C@H]2c2cc(C)n(-c3cccnc3)c2C)ccc1NS(C)(=O)=O. The number of aryl methyl sites for hydroxylation is 1. The van der Waals surface area contributed by atoms with Crippen molar-refractivity contribution in [1.29, 1.82) is 0 Å². The minimum atomic E-state index is -3.48. The quantitative estimate of drug-likeness (QED) is 0.327. The normalized spacial score (nSPS) is 17.4. The van der Waals surface area contributed by atoms with Gasteiger partial charge in [-0.3, -0.25) is 14.7 Å². The summed E-state index contributed by atoms with van der Waals surface area (Å²) in [4.78, 5) is 11.0. The first-order valence-corrected chi connectivity index (χ1v) is 14.2. The Kier molecular flexibility index (Phi) is 6.80. The third-order valence-electron chi connectivity index (χ3n) is 6.55. The van der Waals surface area contributed by atoms with E-state index in [-0.39, 0.29) is 12.1 Å². The van der Waals surface area contributed by atoms with E-state index in [1.54, 1.807) is 24.5 Å². The summed E-state index contributed by atoms with van der Waals surface area (Å²) in [5, 5.41) is 4.00. The summed E-state index contributed by atoms with van der Waals surface area (Å²) in [7, 11) is -1.98. The average Bonchev–Trinajstić information content (AvgIpc) is 3.39. The van der Waals surface area contributed by atoms with Gasteiger partial charge in [-0.1, -0.05) is 6.07 Å². The molecule has 1 saturated heterocycles. The van der Waals surface area contributed by atoms with Gasteiger partial charge in [0.2, 0.25) is 10.0 Å². The molecule has 0 aliphatic carbocycles. The third-order valence-corrected chi connectivity index (χ3v) is 7.46. The van der Waals surface area contributed by atoms with Crippen molar-refractivity contribution in [2.24, 2.45) is 0 Å². The zero-order valence-corrected chi connectivity index (χ0v) is 23.0. The molecule has 0 bridgehead atoms. The van der Waals surface area contributed by atoms with Crippen LogP contribution in [0.25, 0.3) is 5.69 Å². The predicted octanol–water partition coefficient (Wildman–Crippen LogP) is 4.44. The maximum Gasteiger partial charge on any atom is 0.229 e. The van der Waals surface area contributed by atoms with E-state index >= 15 is 0 Å². The fourth-order valence-corrected chi connectivity index (χ4v) is 5.95. The van der Waals surface area contributed by atoms with Crippen LogP contribution >= 0.6 is 12.2 Å². The second-order valence-electron chi connectivity index (χ2n) is 9.13.